The zero-order chi connectivity index (χ0) is 14.3. The number of alkyl carbamates (subject to hydrolysis) is 1. The predicted octanol–water partition coefficient (Wildman–Crippen LogP) is 2.82. The molecule has 0 radical (unpaired) electrons. The number of hydrogen-bond acceptors (Lipinski definition) is 3. The highest BCUT2D eigenvalue weighted by Gasteiger charge is 2.26. The molecule has 0 heterocycles. The molecule has 2 atom stereocenters. The van der Waals surface area contributed by atoms with E-state index in [1.807, 2.05) is 25.1 Å². The molecule has 0 aliphatic rings. The fourth-order valence-corrected chi connectivity index (χ4v) is 1.55. The van der Waals surface area contributed by atoms with Gasteiger partial charge < -0.3 is 10.1 Å². The Labute approximate surface area is 112 Å². The lowest BCUT2D eigenvalue weighted by atomic mass is 10.0. The molecule has 0 fully saturated rings. The molecule has 0 aliphatic heterocycles. The van der Waals surface area contributed by atoms with Gasteiger partial charge in [-0.3, -0.25) is 4.79 Å². The minimum Gasteiger partial charge on any atom is -0.445 e. The summed E-state index contributed by atoms with van der Waals surface area (Å²) in [6.45, 7) is 3.59. The van der Waals surface area contributed by atoms with Crippen molar-refractivity contribution in [2.24, 2.45) is 5.92 Å². The first-order valence-corrected chi connectivity index (χ1v) is 6.21. The molecular weight excluding hydrogens is 249 g/mol. The second-order valence-corrected chi connectivity index (χ2v) is 4.37. The molecule has 0 bridgehead atoms. The topological polar surface area (TPSA) is 55.4 Å². The molecule has 4 nitrogen and oxygen atoms in total. The van der Waals surface area contributed by atoms with Gasteiger partial charge in [0.1, 0.15) is 12.6 Å². The lowest BCUT2D eigenvalue weighted by Crippen LogP contribution is -2.43. The molecule has 0 aromatic heterocycles. The molecule has 1 aromatic carbocycles. The van der Waals surface area contributed by atoms with Crippen LogP contribution in [0.1, 0.15) is 25.8 Å². The van der Waals surface area contributed by atoms with Gasteiger partial charge in [-0.1, -0.05) is 50.6 Å². The Hall–Kier alpha value is -1.91. The maximum Gasteiger partial charge on any atom is 0.408 e. The molecular formula is C14H18FNO3. The number of benzene rings is 1. The molecule has 19 heavy (non-hydrogen) atoms. The molecule has 0 saturated heterocycles. The normalized spacial score (nSPS) is 13.4. The number of rotatable bonds is 6. The van der Waals surface area contributed by atoms with Crippen LogP contribution >= 0.6 is 0 Å². The van der Waals surface area contributed by atoms with Gasteiger partial charge in [0, 0.05) is 0 Å². The summed E-state index contributed by atoms with van der Waals surface area (Å²) < 4.78 is 17.8. The predicted molar refractivity (Wildman–Crippen MR) is 69.1 cm³/mol. The minimum atomic E-state index is -1.55. The number of hydrogen-bond donors (Lipinski definition) is 1. The smallest absolute Gasteiger partial charge is 0.408 e. The maximum absolute atomic E-state index is 12.8. The summed E-state index contributed by atoms with van der Waals surface area (Å²) >= 11 is 0. The summed E-state index contributed by atoms with van der Waals surface area (Å²) in [5, 5.41) is 2.25. The van der Waals surface area contributed by atoms with E-state index < -0.39 is 18.2 Å². The quantitative estimate of drug-likeness (QED) is 0.806. The van der Waals surface area contributed by atoms with Crippen molar-refractivity contribution in [2.45, 2.75) is 32.9 Å². The number of ether oxygens (including phenoxy) is 1. The van der Waals surface area contributed by atoms with Gasteiger partial charge in [0.05, 0.1) is 0 Å². The fraction of sp³-hybridized carbons (Fsp3) is 0.429. The Kier molecular flexibility index (Phi) is 5.99. The molecule has 104 valence electrons. The molecule has 1 unspecified atom stereocenters. The number of halogens is 1. The van der Waals surface area contributed by atoms with Gasteiger partial charge in [0.25, 0.3) is 0 Å². The van der Waals surface area contributed by atoms with Crippen LogP contribution < -0.4 is 5.32 Å². The Morgan fingerprint density at radius 2 is 1.95 bits per heavy atom. The third-order valence-electron chi connectivity index (χ3n) is 2.94. The van der Waals surface area contributed by atoms with Crippen molar-refractivity contribution in [3.05, 3.63) is 35.9 Å². The van der Waals surface area contributed by atoms with Crippen molar-refractivity contribution in [1.82, 2.24) is 5.32 Å². The number of nitrogens with one attached hydrogen (secondary N) is 1. The Morgan fingerprint density at radius 1 is 1.32 bits per heavy atom. The molecule has 0 aliphatic carbocycles. The van der Waals surface area contributed by atoms with Gasteiger partial charge in [-0.05, 0) is 11.5 Å². The summed E-state index contributed by atoms with van der Waals surface area (Å²) in [6, 6.07) is 6.41. The first kappa shape index (κ1) is 15.1. The van der Waals surface area contributed by atoms with Crippen molar-refractivity contribution in [2.75, 3.05) is 0 Å². The van der Waals surface area contributed by atoms with E-state index in [1.54, 1.807) is 19.1 Å². The number of carbonyl (C=O) groups excluding carboxylic acids is 2. The molecule has 0 saturated carbocycles. The Balaban J connectivity index is 2.47. The summed E-state index contributed by atoms with van der Waals surface area (Å²) in [6.07, 6.45) is -0.209. The van der Waals surface area contributed by atoms with Crippen LogP contribution in [-0.2, 0) is 16.1 Å². The van der Waals surface area contributed by atoms with Crippen LogP contribution in [0.5, 0.6) is 0 Å². The van der Waals surface area contributed by atoms with Gasteiger partial charge in [-0.25, -0.2) is 4.79 Å². The van der Waals surface area contributed by atoms with Crippen LogP contribution in [-0.4, -0.2) is 18.2 Å². The number of carbonyl (C=O) groups is 2. The highest BCUT2D eigenvalue weighted by molar-refractivity contribution is 5.80. The fourth-order valence-electron chi connectivity index (χ4n) is 1.55. The van der Waals surface area contributed by atoms with E-state index in [9.17, 15) is 14.0 Å². The second kappa shape index (κ2) is 7.51. The van der Waals surface area contributed by atoms with Crippen molar-refractivity contribution >= 4 is 12.1 Å². The molecule has 1 amide bonds. The summed E-state index contributed by atoms with van der Waals surface area (Å²) in [7, 11) is 0. The monoisotopic (exact) mass is 267 g/mol. The van der Waals surface area contributed by atoms with Gasteiger partial charge in [0.15, 0.2) is 0 Å². The first-order chi connectivity index (χ1) is 9.04. The second-order valence-electron chi connectivity index (χ2n) is 4.37. The minimum absolute atomic E-state index is 0.0837. The van der Waals surface area contributed by atoms with Crippen molar-refractivity contribution in [3.8, 4) is 0 Å². The lowest BCUT2D eigenvalue weighted by molar-refractivity contribution is -0.132. The van der Waals surface area contributed by atoms with E-state index in [1.165, 1.54) is 0 Å². The van der Waals surface area contributed by atoms with E-state index in [4.69, 9.17) is 4.74 Å². The van der Waals surface area contributed by atoms with E-state index in [2.05, 4.69) is 5.32 Å². The van der Waals surface area contributed by atoms with Crippen molar-refractivity contribution in [3.63, 3.8) is 0 Å². The van der Waals surface area contributed by atoms with Crippen LogP contribution in [0.25, 0.3) is 0 Å². The standard InChI is InChI=1S/C14H18FNO3/c1-3-10(2)12(13(15)17)16-14(18)19-9-11-7-5-4-6-8-11/h4-8,10,12H,3,9H2,1-2H3,(H,16,18)/t10?,12-/m0/s1. The average molecular weight is 267 g/mol. The SMILES string of the molecule is CCC(C)[C@H](NC(=O)OCc1ccccc1)C(=O)F. The lowest BCUT2D eigenvalue weighted by Gasteiger charge is -2.19. The summed E-state index contributed by atoms with van der Waals surface area (Å²) in [5.41, 5.74) is 0.823. The maximum atomic E-state index is 12.8. The Bertz CT molecular complexity index is 422. The zero-order valence-electron chi connectivity index (χ0n) is 11.1. The van der Waals surface area contributed by atoms with Crippen molar-refractivity contribution < 1.29 is 18.7 Å². The van der Waals surface area contributed by atoms with E-state index in [0.717, 1.165) is 5.56 Å². The average Bonchev–Trinajstić information content (AvgIpc) is 2.42. The summed E-state index contributed by atoms with van der Waals surface area (Å²) in [4.78, 5) is 22.3. The van der Waals surface area contributed by atoms with Crippen molar-refractivity contribution in [1.29, 1.82) is 0 Å². The zero-order valence-corrected chi connectivity index (χ0v) is 11.1. The molecule has 1 rings (SSSR count). The van der Waals surface area contributed by atoms with Gasteiger partial charge in [0.2, 0.25) is 0 Å². The molecule has 0 spiro atoms. The van der Waals surface area contributed by atoms with E-state index in [0.29, 0.717) is 6.42 Å². The first-order valence-electron chi connectivity index (χ1n) is 6.21. The molecule has 5 heteroatoms. The third-order valence-corrected chi connectivity index (χ3v) is 2.94. The van der Waals surface area contributed by atoms with Crippen LogP contribution in [0.3, 0.4) is 0 Å². The van der Waals surface area contributed by atoms with Crippen LogP contribution in [0.15, 0.2) is 30.3 Å². The van der Waals surface area contributed by atoms with Gasteiger partial charge >= 0.3 is 12.1 Å². The van der Waals surface area contributed by atoms with E-state index >= 15 is 0 Å². The number of amides is 1. The van der Waals surface area contributed by atoms with Gasteiger partial charge in [-0.2, -0.15) is 4.39 Å². The van der Waals surface area contributed by atoms with Gasteiger partial charge in [-0.15, -0.1) is 0 Å². The van der Waals surface area contributed by atoms with Crippen LogP contribution in [0.2, 0.25) is 0 Å². The third kappa shape index (κ3) is 5.07. The molecule has 1 aromatic rings. The largest absolute Gasteiger partial charge is 0.445 e. The Morgan fingerprint density at radius 3 is 2.47 bits per heavy atom. The van der Waals surface area contributed by atoms with Crippen LogP contribution in [0, 0.1) is 5.92 Å². The molecule has 1 N–H and O–H groups in total. The highest BCUT2D eigenvalue weighted by atomic mass is 19.1. The highest BCUT2D eigenvalue weighted by Crippen LogP contribution is 2.10. The van der Waals surface area contributed by atoms with E-state index in [-0.39, 0.29) is 12.5 Å². The summed E-state index contributed by atoms with van der Waals surface area (Å²) in [5.74, 6) is -0.276. The van der Waals surface area contributed by atoms with Crippen LogP contribution in [0.4, 0.5) is 9.18 Å².